The molecule has 0 saturated carbocycles. The van der Waals surface area contributed by atoms with Gasteiger partial charge >= 0.3 is 0 Å². The van der Waals surface area contributed by atoms with Gasteiger partial charge < -0.3 is 5.32 Å². The summed E-state index contributed by atoms with van der Waals surface area (Å²) in [7, 11) is -3.63. The van der Waals surface area contributed by atoms with Crippen molar-refractivity contribution < 1.29 is 13.2 Å². The largest absolute Gasteiger partial charge is 0.324 e. The Morgan fingerprint density at radius 2 is 1.56 bits per heavy atom. The summed E-state index contributed by atoms with van der Waals surface area (Å²) >= 11 is 0. The number of nitrogens with zero attached hydrogens (tertiary/aromatic N) is 1. The van der Waals surface area contributed by atoms with Crippen molar-refractivity contribution in [2.24, 2.45) is 0 Å². The number of amides is 1. The zero-order chi connectivity index (χ0) is 20.4. The van der Waals surface area contributed by atoms with Crippen LogP contribution in [0.15, 0.2) is 42.5 Å². The normalized spacial score (nSPS) is 12.7. The van der Waals surface area contributed by atoms with E-state index in [4.69, 9.17) is 0 Å². The standard InChI is InChI=1S/C21H28N2O3S/c1-14(2)18-8-10-19(11-9-18)22-21(24)17(5)23(27(6,25)26)20-12-7-15(3)16(4)13-20/h7-14,17H,1-6H3,(H,22,24)/t17-/m1/s1. The van der Waals surface area contributed by atoms with Crippen molar-refractivity contribution in [1.82, 2.24) is 0 Å². The smallest absolute Gasteiger partial charge is 0.247 e. The topological polar surface area (TPSA) is 66.5 Å². The minimum absolute atomic E-state index is 0.379. The van der Waals surface area contributed by atoms with Gasteiger partial charge in [0.05, 0.1) is 11.9 Å². The monoisotopic (exact) mass is 388 g/mol. The molecule has 6 heteroatoms. The van der Waals surface area contributed by atoms with E-state index in [1.54, 1.807) is 19.1 Å². The summed E-state index contributed by atoms with van der Waals surface area (Å²) in [5.74, 6) is 0.0233. The van der Waals surface area contributed by atoms with Crippen LogP contribution in [0.4, 0.5) is 11.4 Å². The van der Waals surface area contributed by atoms with Crippen LogP contribution in [-0.4, -0.2) is 26.6 Å². The lowest BCUT2D eigenvalue weighted by molar-refractivity contribution is -0.116. The van der Waals surface area contributed by atoms with Gasteiger partial charge in [-0.1, -0.05) is 32.0 Å². The van der Waals surface area contributed by atoms with E-state index < -0.39 is 16.1 Å². The molecule has 0 aliphatic rings. The molecule has 146 valence electrons. The summed E-state index contributed by atoms with van der Waals surface area (Å²) < 4.78 is 25.9. The number of rotatable bonds is 6. The van der Waals surface area contributed by atoms with Crippen LogP contribution >= 0.6 is 0 Å². The van der Waals surface area contributed by atoms with Gasteiger partial charge in [-0.25, -0.2) is 8.42 Å². The maximum atomic E-state index is 12.7. The molecule has 0 aliphatic heterocycles. The second-order valence-corrected chi connectivity index (χ2v) is 9.13. The van der Waals surface area contributed by atoms with Gasteiger partial charge in [-0.15, -0.1) is 0 Å². The molecule has 27 heavy (non-hydrogen) atoms. The van der Waals surface area contributed by atoms with Crippen LogP contribution in [0.25, 0.3) is 0 Å². The number of hydrogen-bond acceptors (Lipinski definition) is 3. The summed E-state index contributed by atoms with van der Waals surface area (Å²) in [6, 6.07) is 12.1. The Morgan fingerprint density at radius 3 is 2.04 bits per heavy atom. The third-order valence-corrected chi connectivity index (χ3v) is 5.92. The van der Waals surface area contributed by atoms with Gasteiger partial charge in [-0.2, -0.15) is 0 Å². The lowest BCUT2D eigenvalue weighted by Gasteiger charge is -2.28. The Morgan fingerprint density at radius 1 is 0.963 bits per heavy atom. The van der Waals surface area contributed by atoms with Crippen LogP contribution in [0.2, 0.25) is 0 Å². The first-order valence-electron chi connectivity index (χ1n) is 8.98. The number of carbonyl (C=O) groups is 1. The molecule has 0 heterocycles. The van der Waals surface area contributed by atoms with Crippen LogP contribution in [0.5, 0.6) is 0 Å². The van der Waals surface area contributed by atoms with E-state index in [2.05, 4.69) is 19.2 Å². The predicted octanol–water partition coefficient (Wildman–Crippen LogP) is 4.22. The molecular weight excluding hydrogens is 360 g/mol. The second-order valence-electron chi connectivity index (χ2n) is 7.27. The van der Waals surface area contributed by atoms with Gasteiger partial charge in [0.15, 0.2) is 0 Å². The van der Waals surface area contributed by atoms with E-state index in [1.807, 2.05) is 44.2 Å². The number of anilines is 2. The molecule has 2 aromatic carbocycles. The third kappa shape index (κ3) is 5.10. The summed E-state index contributed by atoms with van der Waals surface area (Å²) in [4.78, 5) is 12.7. The zero-order valence-electron chi connectivity index (χ0n) is 16.8. The maximum absolute atomic E-state index is 12.7. The molecule has 0 fully saturated rings. The Kier molecular flexibility index (Phi) is 6.31. The Balaban J connectivity index is 2.28. The second kappa shape index (κ2) is 8.13. The van der Waals surface area contributed by atoms with Crippen LogP contribution in [0, 0.1) is 13.8 Å². The number of aryl methyl sites for hydroxylation is 2. The number of sulfonamides is 1. The first-order valence-corrected chi connectivity index (χ1v) is 10.8. The molecule has 1 atom stereocenters. The van der Waals surface area contributed by atoms with Crippen LogP contribution in [0.3, 0.4) is 0 Å². The van der Waals surface area contributed by atoms with E-state index in [-0.39, 0.29) is 5.91 Å². The summed E-state index contributed by atoms with van der Waals surface area (Å²) in [6.45, 7) is 9.67. The lowest BCUT2D eigenvalue weighted by Crippen LogP contribution is -2.45. The van der Waals surface area contributed by atoms with Crippen molar-refractivity contribution in [1.29, 1.82) is 0 Å². The van der Waals surface area contributed by atoms with E-state index in [0.29, 0.717) is 17.3 Å². The van der Waals surface area contributed by atoms with Crippen molar-refractivity contribution in [2.75, 3.05) is 15.9 Å². The molecule has 5 nitrogen and oxygen atoms in total. The molecule has 1 N–H and O–H groups in total. The van der Waals surface area contributed by atoms with Crippen molar-refractivity contribution in [3.8, 4) is 0 Å². The SMILES string of the molecule is Cc1ccc(N([C@H](C)C(=O)Nc2ccc(C(C)C)cc2)S(C)(=O)=O)cc1C. The molecule has 0 aliphatic carbocycles. The lowest BCUT2D eigenvalue weighted by atomic mass is 10.0. The average Bonchev–Trinajstić information content (AvgIpc) is 2.57. The van der Waals surface area contributed by atoms with Gasteiger partial charge in [0.2, 0.25) is 15.9 Å². The maximum Gasteiger partial charge on any atom is 0.247 e. The van der Waals surface area contributed by atoms with Crippen molar-refractivity contribution in [2.45, 2.75) is 46.6 Å². The quantitative estimate of drug-likeness (QED) is 0.806. The van der Waals surface area contributed by atoms with Crippen molar-refractivity contribution in [3.05, 3.63) is 59.2 Å². The molecule has 0 bridgehead atoms. The molecular formula is C21H28N2O3S. The summed E-state index contributed by atoms with van der Waals surface area (Å²) in [6.07, 6.45) is 1.11. The third-order valence-electron chi connectivity index (χ3n) is 4.68. The predicted molar refractivity (Wildman–Crippen MR) is 112 cm³/mol. The molecule has 1 amide bonds. The highest BCUT2D eigenvalue weighted by atomic mass is 32.2. The first-order chi connectivity index (χ1) is 12.5. The molecule has 0 unspecified atom stereocenters. The Bertz CT molecular complexity index is 919. The Hall–Kier alpha value is -2.34. The molecule has 2 aromatic rings. The highest BCUT2D eigenvalue weighted by Crippen LogP contribution is 2.24. The highest BCUT2D eigenvalue weighted by molar-refractivity contribution is 7.92. The Labute approximate surface area is 162 Å². The first kappa shape index (κ1) is 21.0. The van der Waals surface area contributed by atoms with Gasteiger partial charge in [0, 0.05) is 5.69 Å². The number of carbonyl (C=O) groups excluding carboxylic acids is 1. The van der Waals surface area contributed by atoms with Gasteiger partial charge in [0.1, 0.15) is 6.04 Å². The fourth-order valence-corrected chi connectivity index (χ4v) is 4.04. The van der Waals surface area contributed by atoms with Crippen molar-refractivity contribution >= 4 is 27.3 Å². The van der Waals surface area contributed by atoms with Gasteiger partial charge in [0.25, 0.3) is 0 Å². The number of benzene rings is 2. The summed E-state index contributed by atoms with van der Waals surface area (Å²) in [5, 5.41) is 2.81. The molecule has 0 spiro atoms. The fraction of sp³-hybridized carbons (Fsp3) is 0.381. The minimum Gasteiger partial charge on any atom is -0.324 e. The van der Waals surface area contributed by atoms with Crippen LogP contribution in [0.1, 0.15) is 43.4 Å². The fourth-order valence-electron chi connectivity index (χ4n) is 2.87. The van der Waals surface area contributed by atoms with E-state index in [1.165, 1.54) is 5.56 Å². The molecule has 0 aromatic heterocycles. The molecule has 0 radical (unpaired) electrons. The van der Waals surface area contributed by atoms with E-state index in [0.717, 1.165) is 21.7 Å². The van der Waals surface area contributed by atoms with E-state index in [9.17, 15) is 13.2 Å². The van der Waals surface area contributed by atoms with Crippen molar-refractivity contribution in [3.63, 3.8) is 0 Å². The van der Waals surface area contributed by atoms with Gasteiger partial charge in [-0.3, -0.25) is 9.10 Å². The molecule has 2 rings (SSSR count). The van der Waals surface area contributed by atoms with Crippen LogP contribution < -0.4 is 9.62 Å². The average molecular weight is 389 g/mol. The zero-order valence-corrected chi connectivity index (χ0v) is 17.6. The van der Waals surface area contributed by atoms with E-state index >= 15 is 0 Å². The number of nitrogens with one attached hydrogen (secondary N) is 1. The highest BCUT2D eigenvalue weighted by Gasteiger charge is 2.29. The summed E-state index contributed by atoms with van der Waals surface area (Å²) in [5.41, 5.74) is 4.34. The minimum atomic E-state index is -3.63. The van der Waals surface area contributed by atoms with Gasteiger partial charge in [-0.05, 0) is 67.6 Å². The number of hydrogen-bond donors (Lipinski definition) is 1. The molecule has 0 saturated heterocycles. The van der Waals surface area contributed by atoms with Crippen LogP contribution in [-0.2, 0) is 14.8 Å².